The summed E-state index contributed by atoms with van der Waals surface area (Å²) in [7, 11) is -3.31. The first-order chi connectivity index (χ1) is 13.6. The maximum atomic E-state index is 12.4. The van der Waals surface area contributed by atoms with Crippen molar-refractivity contribution in [3.8, 4) is 0 Å². The molecule has 1 unspecified atom stereocenters. The quantitative estimate of drug-likeness (QED) is 0.658. The second kappa shape index (κ2) is 8.47. The normalized spacial score (nSPS) is 18.5. The predicted octanol–water partition coefficient (Wildman–Crippen LogP) is 3.76. The molecule has 2 aromatic carbocycles. The first kappa shape index (κ1) is 19.2. The second-order valence-corrected chi connectivity index (χ2v) is 9.39. The van der Waals surface area contributed by atoms with Gasteiger partial charge in [0.2, 0.25) is 10.0 Å². The van der Waals surface area contributed by atoms with E-state index in [1.165, 1.54) is 0 Å². The van der Waals surface area contributed by atoms with E-state index in [4.69, 9.17) is 4.42 Å². The van der Waals surface area contributed by atoms with Crippen LogP contribution < -0.4 is 4.72 Å². The molecular weight excluding hydrogens is 372 g/mol. The van der Waals surface area contributed by atoms with E-state index in [1.807, 2.05) is 48.5 Å². The topological polar surface area (TPSA) is 62.6 Å². The molecule has 4 rings (SSSR count). The molecule has 1 aliphatic heterocycles. The van der Waals surface area contributed by atoms with Crippen molar-refractivity contribution in [2.24, 2.45) is 5.92 Å². The number of para-hydroxylation sites is 1. The third kappa shape index (κ3) is 5.01. The van der Waals surface area contributed by atoms with Gasteiger partial charge in [0.25, 0.3) is 0 Å². The van der Waals surface area contributed by atoms with Crippen molar-refractivity contribution in [2.75, 3.05) is 19.6 Å². The molecule has 148 valence electrons. The summed E-state index contributed by atoms with van der Waals surface area (Å²) in [4.78, 5) is 2.36. The Balaban J connectivity index is 1.31. The highest BCUT2D eigenvalue weighted by Crippen LogP contribution is 2.23. The average Bonchev–Trinajstić information content (AvgIpc) is 3.09. The number of piperidine rings is 1. The summed E-state index contributed by atoms with van der Waals surface area (Å²) in [6.45, 7) is 3.16. The van der Waals surface area contributed by atoms with E-state index in [0.717, 1.165) is 54.8 Å². The molecule has 3 aromatic rings. The summed E-state index contributed by atoms with van der Waals surface area (Å²) in [5.41, 5.74) is 1.73. The highest BCUT2D eigenvalue weighted by molar-refractivity contribution is 7.88. The van der Waals surface area contributed by atoms with Gasteiger partial charge in [-0.1, -0.05) is 48.5 Å². The van der Waals surface area contributed by atoms with Crippen LogP contribution in [-0.4, -0.2) is 33.0 Å². The molecule has 0 aliphatic carbocycles. The third-order valence-electron chi connectivity index (χ3n) is 5.25. The average molecular weight is 399 g/mol. The Bertz CT molecular complexity index is 981. The Hall–Kier alpha value is -2.15. The predicted molar refractivity (Wildman–Crippen MR) is 111 cm³/mol. The van der Waals surface area contributed by atoms with Gasteiger partial charge in [0.1, 0.15) is 11.3 Å². The third-order valence-corrected chi connectivity index (χ3v) is 6.57. The van der Waals surface area contributed by atoms with Crippen LogP contribution in [0.15, 0.2) is 65.1 Å². The van der Waals surface area contributed by atoms with E-state index < -0.39 is 10.0 Å². The van der Waals surface area contributed by atoms with Crippen LogP contribution in [0.2, 0.25) is 0 Å². The van der Waals surface area contributed by atoms with Crippen molar-refractivity contribution in [3.63, 3.8) is 0 Å². The van der Waals surface area contributed by atoms with E-state index in [9.17, 15) is 8.42 Å². The number of benzene rings is 2. The zero-order valence-electron chi connectivity index (χ0n) is 15.9. The van der Waals surface area contributed by atoms with Crippen LogP contribution in [0.4, 0.5) is 0 Å². The second-order valence-electron chi connectivity index (χ2n) is 7.59. The summed E-state index contributed by atoms with van der Waals surface area (Å²) < 4.78 is 33.5. The summed E-state index contributed by atoms with van der Waals surface area (Å²) >= 11 is 0. The van der Waals surface area contributed by atoms with Gasteiger partial charge in [0, 0.05) is 18.5 Å². The minimum absolute atomic E-state index is 0.0310. The van der Waals surface area contributed by atoms with E-state index >= 15 is 0 Å². The van der Waals surface area contributed by atoms with Gasteiger partial charge in [-0.05, 0) is 43.0 Å². The van der Waals surface area contributed by atoms with Crippen LogP contribution in [0, 0.1) is 5.92 Å². The molecule has 1 N–H and O–H groups in total. The van der Waals surface area contributed by atoms with Crippen molar-refractivity contribution < 1.29 is 12.8 Å². The Kier molecular flexibility index (Phi) is 5.80. The molecule has 0 saturated carbocycles. The standard InChI is InChI=1S/C22H26N2O3S/c25-28(26,17-18-7-2-1-3-8-18)23-14-19-9-6-12-24(15-19)16-21-13-20-10-4-5-11-22(20)27-21/h1-5,7-8,10-11,13,19,23H,6,9,12,14-17H2. The molecule has 28 heavy (non-hydrogen) atoms. The molecule has 0 radical (unpaired) electrons. The molecule has 0 amide bonds. The van der Waals surface area contributed by atoms with Gasteiger partial charge in [-0.25, -0.2) is 13.1 Å². The number of rotatable bonds is 7. The van der Waals surface area contributed by atoms with Crippen LogP contribution in [0.25, 0.3) is 11.0 Å². The maximum absolute atomic E-state index is 12.4. The molecule has 1 aromatic heterocycles. The molecular formula is C22H26N2O3S. The smallest absolute Gasteiger partial charge is 0.215 e. The number of nitrogens with zero attached hydrogens (tertiary/aromatic N) is 1. The van der Waals surface area contributed by atoms with Crippen LogP contribution in [0.5, 0.6) is 0 Å². The fraction of sp³-hybridized carbons (Fsp3) is 0.364. The Morgan fingerprint density at radius 1 is 1.07 bits per heavy atom. The minimum Gasteiger partial charge on any atom is -0.460 e. The zero-order chi connectivity index (χ0) is 19.4. The monoisotopic (exact) mass is 398 g/mol. The lowest BCUT2D eigenvalue weighted by atomic mass is 9.98. The van der Waals surface area contributed by atoms with Crippen LogP contribution in [0.1, 0.15) is 24.2 Å². The van der Waals surface area contributed by atoms with E-state index in [0.29, 0.717) is 12.5 Å². The number of likely N-dealkylation sites (tertiary alicyclic amines) is 1. The molecule has 2 heterocycles. The lowest BCUT2D eigenvalue weighted by molar-refractivity contribution is 0.159. The van der Waals surface area contributed by atoms with Crippen molar-refractivity contribution in [1.82, 2.24) is 9.62 Å². The van der Waals surface area contributed by atoms with Crippen molar-refractivity contribution in [1.29, 1.82) is 0 Å². The lowest BCUT2D eigenvalue weighted by Crippen LogP contribution is -2.40. The molecule has 1 saturated heterocycles. The fourth-order valence-corrected chi connectivity index (χ4v) is 5.11. The number of furan rings is 1. The summed E-state index contributed by atoms with van der Waals surface area (Å²) in [6, 6.07) is 19.4. The molecule has 5 nitrogen and oxygen atoms in total. The number of sulfonamides is 1. The van der Waals surface area contributed by atoms with Gasteiger partial charge < -0.3 is 4.42 Å². The van der Waals surface area contributed by atoms with Gasteiger partial charge in [0.05, 0.1) is 12.3 Å². The first-order valence-electron chi connectivity index (χ1n) is 9.78. The van der Waals surface area contributed by atoms with Gasteiger partial charge in [-0.15, -0.1) is 0 Å². The highest BCUT2D eigenvalue weighted by atomic mass is 32.2. The fourth-order valence-electron chi connectivity index (χ4n) is 3.89. The Labute approximate surface area is 166 Å². The number of fused-ring (bicyclic) bond motifs is 1. The molecule has 0 spiro atoms. The molecule has 6 heteroatoms. The molecule has 1 aliphatic rings. The number of nitrogens with one attached hydrogen (secondary N) is 1. The molecule has 1 atom stereocenters. The van der Waals surface area contributed by atoms with Gasteiger partial charge in [0.15, 0.2) is 0 Å². The number of hydrogen-bond donors (Lipinski definition) is 1. The SMILES string of the molecule is O=S(=O)(Cc1ccccc1)NCC1CCCN(Cc2cc3ccccc3o2)C1. The largest absolute Gasteiger partial charge is 0.460 e. The summed E-state index contributed by atoms with van der Waals surface area (Å²) in [5.74, 6) is 1.32. The Morgan fingerprint density at radius 3 is 2.68 bits per heavy atom. The van der Waals surface area contributed by atoms with Gasteiger partial charge >= 0.3 is 0 Å². The van der Waals surface area contributed by atoms with Gasteiger partial charge in [-0.2, -0.15) is 0 Å². The minimum atomic E-state index is -3.31. The molecule has 0 bridgehead atoms. The summed E-state index contributed by atoms with van der Waals surface area (Å²) in [6.07, 6.45) is 2.12. The van der Waals surface area contributed by atoms with Crippen LogP contribution in [0.3, 0.4) is 0 Å². The zero-order valence-corrected chi connectivity index (χ0v) is 16.7. The Morgan fingerprint density at radius 2 is 1.86 bits per heavy atom. The van der Waals surface area contributed by atoms with Crippen LogP contribution in [-0.2, 0) is 22.3 Å². The van der Waals surface area contributed by atoms with Crippen molar-refractivity contribution >= 4 is 21.0 Å². The van der Waals surface area contributed by atoms with Crippen molar-refractivity contribution in [2.45, 2.75) is 25.1 Å². The van der Waals surface area contributed by atoms with E-state index in [1.54, 1.807) is 0 Å². The van der Waals surface area contributed by atoms with Crippen molar-refractivity contribution in [3.05, 3.63) is 72.0 Å². The van der Waals surface area contributed by atoms with Crippen LogP contribution >= 0.6 is 0 Å². The van der Waals surface area contributed by atoms with Gasteiger partial charge in [-0.3, -0.25) is 4.90 Å². The van der Waals surface area contributed by atoms with E-state index in [-0.39, 0.29) is 5.75 Å². The first-order valence-corrected chi connectivity index (χ1v) is 11.4. The summed E-state index contributed by atoms with van der Waals surface area (Å²) in [5, 5.41) is 1.12. The van der Waals surface area contributed by atoms with E-state index in [2.05, 4.69) is 21.8 Å². The maximum Gasteiger partial charge on any atom is 0.215 e. The number of hydrogen-bond acceptors (Lipinski definition) is 4. The highest BCUT2D eigenvalue weighted by Gasteiger charge is 2.23. The lowest BCUT2D eigenvalue weighted by Gasteiger charge is -2.32. The molecule has 1 fully saturated rings.